The Morgan fingerprint density at radius 3 is 2.90 bits per heavy atom. The molecule has 4 heteroatoms. The number of hydrogen-bond donors (Lipinski definition) is 1. The van der Waals surface area contributed by atoms with Gasteiger partial charge in [0.05, 0.1) is 12.3 Å². The predicted molar refractivity (Wildman–Crippen MR) is 76.2 cm³/mol. The van der Waals surface area contributed by atoms with Gasteiger partial charge >= 0.3 is 0 Å². The lowest BCUT2D eigenvalue weighted by atomic mass is 9.92. The zero-order valence-electron chi connectivity index (χ0n) is 11.8. The molecule has 0 aromatic carbocycles. The molecular formula is C16H21NO3. The van der Waals surface area contributed by atoms with E-state index >= 15 is 0 Å². The number of rotatable bonds is 6. The van der Waals surface area contributed by atoms with Crippen LogP contribution in [0.25, 0.3) is 0 Å². The molecule has 0 atom stereocenters. The van der Waals surface area contributed by atoms with Crippen LogP contribution in [0.4, 0.5) is 0 Å². The van der Waals surface area contributed by atoms with Gasteiger partial charge in [-0.3, -0.25) is 4.98 Å². The normalized spacial score (nSPS) is 20.5. The van der Waals surface area contributed by atoms with Gasteiger partial charge in [0.2, 0.25) is 0 Å². The zero-order valence-corrected chi connectivity index (χ0v) is 11.8. The van der Waals surface area contributed by atoms with Crippen molar-refractivity contribution in [2.24, 2.45) is 0 Å². The standard InChI is InChI=1S/C16H21NO3/c1-2-3-8-19-9-4-5-13-6-7-15(12-17-13)20-16-10-14(18)11-16/h6-7,12,14,16,18H,2,4-5,9-11H2,1H3. The van der Waals surface area contributed by atoms with Crippen molar-refractivity contribution in [1.29, 1.82) is 0 Å². The molecule has 1 fully saturated rings. The average Bonchev–Trinajstić information content (AvgIpc) is 2.43. The van der Waals surface area contributed by atoms with Crippen LogP contribution >= 0.6 is 0 Å². The quantitative estimate of drug-likeness (QED) is 0.639. The molecule has 108 valence electrons. The maximum Gasteiger partial charge on any atom is 0.138 e. The largest absolute Gasteiger partial charge is 0.489 e. The van der Waals surface area contributed by atoms with Crippen molar-refractivity contribution in [3.05, 3.63) is 24.0 Å². The number of hydrogen-bond acceptors (Lipinski definition) is 4. The highest BCUT2D eigenvalue weighted by atomic mass is 16.5. The summed E-state index contributed by atoms with van der Waals surface area (Å²) in [5.74, 6) is 3.64. The molecule has 0 unspecified atom stereocenters. The second-order valence-corrected chi connectivity index (χ2v) is 4.93. The van der Waals surface area contributed by atoms with E-state index in [-0.39, 0.29) is 12.2 Å². The van der Waals surface area contributed by atoms with Crippen LogP contribution in [-0.2, 0) is 11.2 Å². The van der Waals surface area contributed by atoms with E-state index in [1.807, 2.05) is 19.1 Å². The smallest absolute Gasteiger partial charge is 0.138 e. The third kappa shape index (κ3) is 4.75. The lowest BCUT2D eigenvalue weighted by Gasteiger charge is -2.31. The number of ether oxygens (including phenoxy) is 2. The fourth-order valence-electron chi connectivity index (χ4n) is 1.95. The van der Waals surface area contributed by atoms with Gasteiger partial charge in [-0.05, 0) is 25.0 Å². The molecule has 1 aromatic rings. The van der Waals surface area contributed by atoms with Crippen molar-refractivity contribution in [3.8, 4) is 17.8 Å². The molecule has 1 aromatic heterocycles. The zero-order chi connectivity index (χ0) is 14.2. The van der Waals surface area contributed by atoms with E-state index in [0.717, 1.165) is 43.5 Å². The Balaban J connectivity index is 1.66. The predicted octanol–water partition coefficient (Wildman–Crippen LogP) is 2.30. The molecule has 20 heavy (non-hydrogen) atoms. The molecule has 1 N–H and O–H groups in total. The Kier molecular flexibility index (Phi) is 5.69. The summed E-state index contributed by atoms with van der Waals surface area (Å²) in [6, 6.07) is 3.91. The summed E-state index contributed by atoms with van der Waals surface area (Å²) in [5, 5.41) is 9.20. The number of aliphatic hydroxyl groups is 1. The first-order chi connectivity index (χ1) is 9.78. The van der Waals surface area contributed by atoms with Gasteiger partial charge in [0.1, 0.15) is 24.6 Å². The maximum absolute atomic E-state index is 9.20. The van der Waals surface area contributed by atoms with Gasteiger partial charge in [-0.25, -0.2) is 0 Å². The van der Waals surface area contributed by atoms with Crippen LogP contribution in [0.2, 0.25) is 0 Å². The summed E-state index contributed by atoms with van der Waals surface area (Å²) in [7, 11) is 0. The summed E-state index contributed by atoms with van der Waals surface area (Å²) < 4.78 is 10.8. The van der Waals surface area contributed by atoms with Crippen molar-refractivity contribution >= 4 is 0 Å². The number of pyridine rings is 1. The highest BCUT2D eigenvalue weighted by Gasteiger charge is 2.28. The fourth-order valence-corrected chi connectivity index (χ4v) is 1.95. The summed E-state index contributed by atoms with van der Waals surface area (Å²) >= 11 is 0. The Morgan fingerprint density at radius 1 is 1.40 bits per heavy atom. The van der Waals surface area contributed by atoms with Gasteiger partial charge in [-0.15, -0.1) is 0 Å². The molecule has 0 saturated heterocycles. The van der Waals surface area contributed by atoms with Crippen LogP contribution in [-0.4, -0.2) is 28.9 Å². The number of nitrogens with zero attached hydrogens (tertiary/aromatic N) is 1. The third-order valence-electron chi connectivity index (χ3n) is 3.17. The minimum Gasteiger partial charge on any atom is -0.489 e. The van der Waals surface area contributed by atoms with Gasteiger partial charge in [0.25, 0.3) is 0 Å². The van der Waals surface area contributed by atoms with Crippen LogP contribution in [0.1, 0.15) is 38.3 Å². The molecule has 2 rings (SSSR count). The summed E-state index contributed by atoms with van der Waals surface area (Å²) in [6.45, 7) is 2.63. The van der Waals surface area contributed by atoms with Crippen LogP contribution in [0, 0.1) is 12.0 Å². The monoisotopic (exact) mass is 275 g/mol. The van der Waals surface area contributed by atoms with Crippen molar-refractivity contribution in [2.45, 2.75) is 51.2 Å². The molecule has 0 radical (unpaired) electrons. The van der Waals surface area contributed by atoms with Gasteiger partial charge in [0, 0.05) is 25.0 Å². The first-order valence-electron chi connectivity index (χ1n) is 7.17. The highest BCUT2D eigenvalue weighted by molar-refractivity contribution is 5.20. The Hall–Kier alpha value is -1.73. The first-order valence-corrected chi connectivity index (χ1v) is 7.17. The molecular weight excluding hydrogens is 254 g/mol. The molecule has 1 heterocycles. The molecule has 0 bridgehead atoms. The Bertz CT molecular complexity index is 455. The van der Waals surface area contributed by atoms with Crippen molar-refractivity contribution < 1.29 is 14.6 Å². The minimum absolute atomic E-state index is 0.142. The van der Waals surface area contributed by atoms with Gasteiger partial charge in [0.15, 0.2) is 0 Å². The van der Waals surface area contributed by atoms with Gasteiger partial charge in [-0.1, -0.05) is 12.8 Å². The summed E-state index contributed by atoms with van der Waals surface area (Å²) in [5.41, 5.74) is 1.03. The molecule has 0 aliphatic heterocycles. The van der Waals surface area contributed by atoms with Crippen molar-refractivity contribution in [2.75, 3.05) is 6.61 Å². The Labute approximate surface area is 120 Å². The summed E-state index contributed by atoms with van der Waals surface area (Å²) in [4.78, 5) is 4.36. The molecule has 1 aliphatic carbocycles. The molecule has 0 amide bonds. The van der Waals surface area contributed by atoms with E-state index in [1.165, 1.54) is 0 Å². The van der Waals surface area contributed by atoms with E-state index < -0.39 is 0 Å². The van der Waals surface area contributed by atoms with Gasteiger partial charge in [-0.2, -0.15) is 0 Å². The Morgan fingerprint density at radius 2 is 2.25 bits per heavy atom. The first kappa shape index (κ1) is 14.7. The SMILES string of the molecule is CCC#COCCCc1ccc(OC2CC(O)C2)cn1. The fraction of sp³-hybridized carbons (Fsp3) is 0.562. The van der Waals surface area contributed by atoms with Gasteiger partial charge < -0.3 is 14.6 Å². The van der Waals surface area contributed by atoms with Crippen LogP contribution in [0.5, 0.6) is 5.75 Å². The number of aryl methyl sites for hydroxylation is 1. The van der Waals surface area contributed by atoms with E-state index in [4.69, 9.17) is 9.47 Å². The minimum atomic E-state index is -0.192. The molecule has 1 aliphatic rings. The second kappa shape index (κ2) is 7.76. The van der Waals surface area contributed by atoms with Crippen molar-refractivity contribution in [3.63, 3.8) is 0 Å². The summed E-state index contributed by atoms with van der Waals surface area (Å²) in [6.07, 6.45) is 8.39. The van der Waals surface area contributed by atoms with Crippen LogP contribution < -0.4 is 4.74 Å². The lowest BCUT2D eigenvalue weighted by Crippen LogP contribution is -2.37. The topological polar surface area (TPSA) is 51.6 Å². The average molecular weight is 275 g/mol. The van der Waals surface area contributed by atoms with Crippen molar-refractivity contribution in [1.82, 2.24) is 4.98 Å². The number of aliphatic hydroxyl groups excluding tert-OH is 1. The third-order valence-corrected chi connectivity index (χ3v) is 3.17. The second-order valence-electron chi connectivity index (χ2n) is 4.93. The molecule has 4 nitrogen and oxygen atoms in total. The van der Waals surface area contributed by atoms with E-state index in [0.29, 0.717) is 6.61 Å². The number of aromatic nitrogens is 1. The molecule has 1 saturated carbocycles. The van der Waals surface area contributed by atoms with E-state index in [1.54, 1.807) is 6.20 Å². The van der Waals surface area contributed by atoms with E-state index in [9.17, 15) is 5.11 Å². The molecule has 0 spiro atoms. The van der Waals surface area contributed by atoms with Crippen LogP contribution in [0.3, 0.4) is 0 Å². The van der Waals surface area contributed by atoms with E-state index in [2.05, 4.69) is 17.0 Å². The van der Waals surface area contributed by atoms with Crippen LogP contribution in [0.15, 0.2) is 18.3 Å². The lowest BCUT2D eigenvalue weighted by molar-refractivity contribution is -0.0109. The highest BCUT2D eigenvalue weighted by Crippen LogP contribution is 2.25. The maximum atomic E-state index is 9.20.